The van der Waals surface area contributed by atoms with Crippen LogP contribution in [0.2, 0.25) is 5.02 Å². The van der Waals surface area contributed by atoms with E-state index in [4.69, 9.17) is 11.6 Å². The van der Waals surface area contributed by atoms with Gasteiger partial charge in [-0.3, -0.25) is 14.4 Å². The Morgan fingerprint density at radius 3 is 2.61 bits per heavy atom. The predicted octanol–water partition coefficient (Wildman–Crippen LogP) is 3.31. The van der Waals surface area contributed by atoms with Crippen LogP contribution in [0.25, 0.3) is 0 Å². The van der Waals surface area contributed by atoms with Gasteiger partial charge in [0.15, 0.2) is 0 Å². The number of fused-ring (bicyclic) bond motifs is 1. The molecule has 0 bridgehead atoms. The maximum absolute atomic E-state index is 12.2. The number of benzene rings is 2. The Morgan fingerprint density at radius 2 is 1.82 bits per heavy atom. The van der Waals surface area contributed by atoms with Crippen molar-refractivity contribution >= 4 is 52.5 Å². The smallest absolute Gasteiger partial charge is 0.240 e. The molecule has 28 heavy (non-hydrogen) atoms. The number of para-hydroxylation sites is 1. The molecule has 3 amide bonds. The molecule has 2 aromatic carbocycles. The number of carbonyl (C=O) groups excluding carboxylic acids is 3. The Morgan fingerprint density at radius 1 is 1.07 bits per heavy atom. The summed E-state index contributed by atoms with van der Waals surface area (Å²) in [6, 6.07) is 14.4. The van der Waals surface area contributed by atoms with Crippen LogP contribution in [0.1, 0.15) is 12.8 Å². The molecule has 0 saturated carbocycles. The first-order chi connectivity index (χ1) is 13.5. The topological polar surface area (TPSA) is 78.5 Å². The van der Waals surface area contributed by atoms with E-state index in [0.29, 0.717) is 29.4 Å². The third kappa shape index (κ3) is 5.50. The third-order valence-corrected chi connectivity index (χ3v) is 5.44. The quantitative estimate of drug-likeness (QED) is 0.677. The van der Waals surface area contributed by atoms with Crippen molar-refractivity contribution in [3.05, 3.63) is 53.6 Å². The van der Waals surface area contributed by atoms with Gasteiger partial charge in [0, 0.05) is 28.6 Å². The first kappa shape index (κ1) is 20.2. The van der Waals surface area contributed by atoms with Gasteiger partial charge >= 0.3 is 0 Å². The Bertz CT molecular complexity index is 873. The van der Waals surface area contributed by atoms with Crippen molar-refractivity contribution in [2.24, 2.45) is 0 Å². The van der Waals surface area contributed by atoms with Crippen molar-refractivity contribution in [1.82, 2.24) is 5.32 Å². The van der Waals surface area contributed by atoms with Crippen molar-refractivity contribution in [2.75, 3.05) is 29.1 Å². The second kappa shape index (κ2) is 9.61. The molecule has 146 valence electrons. The van der Waals surface area contributed by atoms with Crippen LogP contribution in [-0.4, -0.2) is 36.6 Å². The monoisotopic (exact) mass is 417 g/mol. The normalized spacial score (nSPS) is 13.0. The minimum absolute atomic E-state index is 0.0205. The summed E-state index contributed by atoms with van der Waals surface area (Å²) < 4.78 is 0. The summed E-state index contributed by atoms with van der Waals surface area (Å²) in [6.45, 7) is 0.346. The van der Waals surface area contributed by atoms with Gasteiger partial charge in [-0.1, -0.05) is 23.7 Å². The number of amides is 3. The van der Waals surface area contributed by atoms with Crippen molar-refractivity contribution in [3.8, 4) is 0 Å². The van der Waals surface area contributed by atoms with Gasteiger partial charge in [-0.05, 0) is 42.8 Å². The fourth-order valence-corrected chi connectivity index (χ4v) is 3.82. The average Bonchev–Trinajstić information content (AvgIpc) is 2.69. The summed E-state index contributed by atoms with van der Waals surface area (Å²) in [7, 11) is 0. The molecule has 6 nitrogen and oxygen atoms in total. The molecule has 0 fully saturated rings. The number of carbonyl (C=O) groups is 3. The third-order valence-electron chi connectivity index (χ3n) is 4.14. The molecule has 0 unspecified atom stereocenters. The SMILES string of the molecule is O=C(CN1C(=O)CSc2ccccc21)NCCCC(=O)Nc1ccc(Cl)cc1. The van der Waals surface area contributed by atoms with E-state index in [1.165, 1.54) is 16.7 Å². The van der Waals surface area contributed by atoms with Crippen LogP contribution in [0.3, 0.4) is 0 Å². The van der Waals surface area contributed by atoms with Crippen LogP contribution in [-0.2, 0) is 14.4 Å². The van der Waals surface area contributed by atoms with E-state index in [9.17, 15) is 14.4 Å². The number of anilines is 2. The second-order valence-electron chi connectivity index (χ2n) is 6.24. The lowest BCUT2D eigenvalue weighted by atomic mass is 10.2. The fourth-order valence-electron chi connectivity index (χ4n) is 2.76. The number of halogens is 1. The van der Waals surface area contributed by atoms with E-state index >= 15 is 0 Å². The number of rotatable bonds is 7. The highest BCUT2D eigenvalue weighted by atomic mass is 35.5. The van der Waals surface area contributed by atoms with Crippen LogP contribution < -0.4 is 15.5 Å². The molecule has 3 rings (SSSR count). The van der Waals surface area contributed by atoms with Crippen molar-refractivity contribution < 1.29 is 14.4 Å². The molecule has 1 aliphatic rings. The highest BCUT2D eigenvalue weighted by molar-refractivity contribution is 8.00. The molecule has 1 aliphatic heterocycles. The number of hydrogen-bond acceptors (Lipinski definition) is 4. The minimum atomic E-state index is -0.242. The molecule has 0 atom stereocenters. The van der Waals surface area contributed by atoms with E-state index in [1.54, 1.807) is 24.3 Å². The molecular formula is C20H20ClN3O3S. The van der Waals surface area contributed by atoms with Crippen LogP contribution >= 0.6 is 23.4 Å². The van der Waals surface area contributed by atoms with Gasteiger partial charge in [0.05, 0.1) is 11.4 Å². The molecular weight excluding hydrogens is 398 g/mol. The fraction of sp³-hybridized carbons (Fsp3) is 0.250. The summed E-state index contributed by atoms with van der Waals surface area (Å²) in [6.07, 6.45) is 0.788. The van der Waals surface area contributed by atoms with Crippen LogP contribution in [0.15, 0.2) is 53.4 Å². The first-order valence-electron chi connectivity index (χ1n) is 8.87. The number of hydrogen-bond donors (Lipinski definition) is 2. The van der Waals surface area contributed by atoms with Crippen LogP contribution in [0, 0.1) is 0 Å². The Kier molecular flexibility index (Phi) is 6.95. The van der Waals surface area contributed by atoms with Crippen molar-refractivity contribution in [1.29, 1.82) is 0 Å². The van der Waals surface area contributed by atoms with Gasteiger partial charge in [-0.25, -0.2) is 0 Å². The summed E-state index contributed by atoms with van der Waals surface area (Å²) in [5, 5.41) is 6.15. The predicted molar refractivity (Wildman–Crippen MR) is 112 cm³/mol. The highest BCUT2D eigenvalue weighted by Gasteiger charge is 2.25. The zero-order chi connectivity index (χ0) is 19.9. The lowest BCUT2D eigenvalue weighted by molar-refractivity contribution is -0.123. The van der Waals surface area contributed by atoms with Gasteiger partial charge < -0.3 is 15.5 Å². The van der Waals surface area contributed by atoms with E-state index in [0.717, 1.165) is 10.6 Å². The molecule has 2 aromatic rings. The summed E-state index contributed by atoms with van der Waals surface area (Å²) >= 11 is 7.29. The van der Waals surface area contributed by atoms with Gasteiger partial charge in [-0.2, -0.15) is 0 Å². The molecule has 0 spiro atoms. The minimum Gasteiger partial charge on any atom is -0.355 e. The molecule has 0 aromatic heterocycles. The summed E-state index contributed by atoms with van der Waals surface area (Å²) in [5.74, 6) is -0.127. The summed E-state index contributed by atoms with van der Waals surface area (Å²) in [5.41, 5.74) is 1.44. The van der Waals surface area contributed by atoms with Gasteiger partial charge in [0.25, 0.3) is 0 Å². The standard InChI is InChI=1S/C20H20ClN3O3S/c21-14-7-9-15(10-8-14)23-18(25)6-3-11-22-19(26)12-24-16-4-1-2-5-17(16)28-13-20(24)27/h1-2,4-5,7-10H,3,6,11-13H2,(H,22,26)(H,23,25). The van der Waals surface area contributed by atoms with Crippen molar-refractivity contribution in [2.45, 2.75) is 17.7 Å². The van der Waals surface area contributed by atoms with Crippen LogP contribution in [0.5, 0.6) is 0 Å². The maximum atomic E-state index is 12.2. The van der Waals surface area contributed by atoms with Gasteiger partial charge in [-0.15, -0.1) is 11.8 Å². The van der Waals surface area contributed by atoms with Crippen LogP contribution in [0.4, 0.5) is 11.4 Å². The van der Waals surface area contributed by atoms with Gasteiger partial charge in [0.1, 0.15) is 6.54 Å². The number of thioether (sulfide) groups is 1. The van der Waals surface area contributed by atoms with E-state index in [2.05, 4.69) is 10.6 Å². The zero-order valence-electron chi connectivity index (χ0n) is 15.1. The Balaban J connectivity index is 1.41. The van der Waals surface area contributed by atoms with E-state index in [-0.39, 0.29) is 30.7 Å². The lowest BCUT2D eigenvalue weighted by Gasteiger charge is -2.28. The number of nitrogens with zero attached hydrogens (tertiary/aromatic N) is 1. The molecule has 0 saturated heterocycles. The molecule has 0 radical (unpaired) electrons. The first-order valence-corrected chi connectivity index (χ1v) is 10.2. The average molecular weight is 418 g/mol. The molecule has 1 heterocycles. The van der Waals surface area contributed by atoms with E-state index in [1.807, 2.05) is 24.3 Å². The maximum Gasteiger partial charge on any atom is 0.240 e. The zero-order valence-corrected chi connectivity index (χ0v) is 16.7. The highest BCUT2D eigenvalue weighted by Crippen LogP contribution is 2.34. The van der Waals surface area contributed by atoms with Gasteiger partial charge in [0.2, 0.25) is 17.7 Å². The molecule has 0 aliphatic carbocycles. The Hall–Kier alpha value is -2.51. The molecule has 2 N–H and O–H groups in total. The van der Waals surface area contributed by atoms with E-state index < -0.39 is 0 Å². The largest absolute Gasteiger partial charge is 0.355 e. The Labute approximate surface area is 172 Å². The number of nitrogens with one attached hydrogen (secondary N) is 2. The summed E-state index contributed by atoms with van der Waals surface area (Å²) in [4.78, 5) is 38.8. The van der Waals surface area contributed by atoms with Crippen molar-refractivity contribution in [3.63, 3.8) is 0 Å². The lowest BCUT2D eigenvalue weighted by Crippen LogP contribution is -2.43. The molecule has 8 heteroatoms. The second-order valence-corrected chi connectivity index (χ2v) is 7.70.